The largest absolute Gasteiger partial charge is 0.504 e. The van der Waals surface area contributed by atoms with Gasteiger partial charge in [0.25, 0.3) is 0 Å². The van der Waals surface area contributed by atoms with Crippen molar-refractivity contribution in [3.05, 3.63) is 23.8 Å². The van der Waals surface area contributed by atoms with Crippen molar-refractivity contribution in [3.8, 4) is 11.5 Å². The predicted molar refractivity (Wildman–Crippen MR) is 68.9 cm³/mol. The molecular weight excluding hydrogens is 250 g/mol. The molecule has 0 radical (unpaired) electrons. The van der Waals surface area contributed by atoms with Crippen molar-refractivity contribution in [2.24, 2.45) is 0 Å². The van der Waals surface area contributed by atoms with Crippen LogP contribution in [0.15, 0.2) is 18.2 Å². The van der Waals surface area contributed by atoms with E-state index in [1.165, 1.54) is 32.2 Å². The summed E-state index contributed by atoms with van der Waals surface area (Å²) >= 11 is 0. The minimum Gasteiger partial charge on any atom is -0.504 e. The number of hydrogen-bond donors (Lipinski definition) is 4. The molecule has 0 bridgehead atoms. The lowest BCUT2D eigenvalue weighted by Gasteiger charge is -2.19. The highest BCUT2D eigenvalue weighted by Gasteiger charge is 2.19. The summed E-state index contributed by atoms with van der Waals surface area (Å²) in [6.45, 7) is 1.66. The highest BCUT2D eigenvalue weighted by atomic mass is 16.5. The van der Waals surface area contributed by atoms with E-state index in [9.17, 15) is 20.1 Å². The summed E-state index contributed by atoms with van der Waals surface area (Å²) in [6, 6.07) is 4.35. The molecule has 0 saturated carbocycles. The molecule has 0 aromatic heterocycles. The molecular formula is C13H19NO5. The monoisotopic (exact) mass is 269 g/mol. The Labute approximate surface area is 111 Å². The molecule has 19 heavy (non-hydrogen) atoms. The van der Waals surface area contributed by atoms with Crippen LogP contribution in [0.1, 0.15) is 25.0 Å². The van der Waals surface area contributed by atoms with Gasteiger partial charge in [0.1, 0.15) is 6.10 Å². The number of aliphatic hydroxyl groups is 2. The average molecular weight is 269 g/mol. The van der Waals surface area contributed by atoms with Gasteiger partial charge < -0.3 is 25.4 Å². The lowest BCUT2D eigenvalue weighted by atomic mass is 10.0. The van der Waals surface area contributed by atoms with Gasteiger partial charge in [0, 0.05) is 13.5 Å². The fraction of sp³-hybridized carbons (Fsp3) is 0.462. The number of phenols is 1. The molecule has 0 aliphatic rings. The van der Waals surface area contributed by atoms with E-state index in [1.807, 2.05) is 0 Å². The van der Waals surface area contributed by atoms with E-state index in [0.29, 0.717) is 5.56 Å². The molecule has 1 aromatic rings. The number of carbonyl (C=O) groups excluding carboxylic acids is 1. The van der Waals surface area contributed by atoms with E-state index < -0.39 is 12.2 Å². The molecule has 106 valence electrons. The third-order valence-corrected chi connectivity index (χ3v) is 2.72. The Morgan fingerprint density at radius 1 is 1.42 bits per heavy atom. The standard InChI is InChI=1S/C13H19NO5/c1-8(15)14-6-5-11(17)13(18)9-3-4-10(16)12(7-9)19-2/h3-4,7,11,13,16-18H,5-6H2,1-2H3,(H,14,15). The van der Waals surface area contributed by atoms with Crippen LogP contribution >= 0.6 is 0 Å². The van der Waals surface area contributed by atoms with Gasteiger partial charge in [0.2, 0.25) is 5.91 Å². The second kappa shape index (κ2) is 6.96. The molecule has 0 aliphatic carbocycles. The zero-order valence-electron chi connectivity index (χ0n) is 11.0. The smallest absolute Gasteiger partial charge is 0.216 e. The lowest BCUT2D eigenvalue weighted by molar-refractivity contribution is -0.119. The number of rotatable bonds is 6. The zero-order valence-corrected chi connectivity index (χ0v) is 11.0. The van der Waals surface area contributed by atoms with Crippen LogP contribution in [-0.4, -0.2) is 41.0 Å². The van der Waals surface area contributed by atoms with Crippen LogP contribution in [0.2, 0.25) is 0 Å². The van der Waals surface area contributed by atoms with Gasteiger partial charge in [-0.3, -0.25) is 4.79 Å². The van der Waals surface area contributed by atoms with Crippen molar-refractivity contribution < 1.29 is 24.9 Å². The van der Waals surface area contributed by atoms with Gasteiger partial charge in [0.05, 0.1) is 13.2 Å². The van der Waals surface area contributed by atoms with Gasteiger partial charge in [-0.2, -0.15) is 0 Å². The van der Waals surface area contributed by atoms with Gasteiger partial charge in [-0.15, -0.1) is 0 Å². The van der Waals surface area contributed by atoms with Gasteiger partial charge in [-0.05, 0) is 24.1 Å². The number of carbonyl (C=O) groups is 1. The predicted octanol–water partition coefficient (Wildman–Crippen LogP) is 0.321. The van der Waals surface area contributed by atoms with Crippen LogP contribution in [-0.2, 0) is 4.79 Å². The third-order valence-electron chi connectivity index (χ3n) is 2.72. The summed E-state index contributed by atoms with van der Waals surface area (Å²) in [6.07, 6.45) is -1.89. The van der Waals surface area contributed by atoms with Crippen LogP contribution in [0, 0.1) is 0 Å². The molecule has 0 saturated heterocycles. The molecule has 0 spiro atoms. The van der Waals surface area contributed by atoms with Crippen LogP contribution in [0.3, 0.4) is 0 Å². The summed E-state index contributed by atoms with van der Waals surface area (Å²) in [4.78, 5) is 10.7. The number of aliphatic hydroxyl groups excluding tert-OH is 2. The van der Waals surface area contributed by atoms with E-state index in [0.717, 1.165) is 0 Å². The summed E-state index contributed by atoms with van der Waals surface area (Å²) in [5, 5.41) is 31.8. The lowest BCUT2D eigenvalue weighted by Crippen LogP contribution is -2.27. The molecule has 2 atom stereocenters. The zero-order chi connectivity index (χ0) is 14.4. The Bertz CT molecular complexity index is 435. The maximum absolute atomic E-state index is 10.7. The molecule has 0 heterocycles. The Hall–Kier alpha value is -1.79. The number of benzene rings is 1. The maximum Gasteiger partial charge on any atom is 0.216 e. The van der Waals surface area contributed by atoms with Crippen molar-refractivity contribution >= 4 is 5.91 Å². The summed E-state index contributed by atoms with van der Waals surface area (Å²) in [5.41, 5.74) is 0.435. The van der Waals surface area contributed by atoms with Crippen molar-refractivity contribution in [1.29, 1.82) is 0 Å². The van der Waals surface area contributed by atoms with Crippen LogP contribution < -0.4 is 10.1 Å². The quantitative estimate of drug-likeness (QED) is 0.596. The van der Waals surface area contributed by atoms with Crippen LogP contribution in [0.4, 0.5) is 0 Å². The van der Waals surface area contributed by atoms with Crippen LogP contribution in [0.25, 0.3) is 0 Å². The van der Waals surface area contributed by atoms with Crippen molar-refractivity contribution in [2.45, 2.75) is 25.6 Å². The number of ether oxygens (including phenoxy) is 1. The SMILES string of the molecule is COc1cc(C(O)C(O)CCNC(C)=O)ccc1O. The number of phenolic OH excluding ortho intramolecular Hbond substituents is 1. The van der Waals surface area contributed by atoms with Gasteiger partial charge in [0.15, 0.2) is 11.5 Å². The number of aromatic hydroxyl groups is 1. The second-order valence-electron chi connectivity index (χ2n) is 4.22. The second-order valence-corrected chi connectivity index (χ2v) is 4.22. The van der Waals surface area contributed by atoms with Gasteiger partial charge >= 0.3 is 0 Å². The maximum atomic E-state index is 10.7. The van der Waals surface area contributed by atoms with Gasteiger partial charge in [-0.1, -0.05) is 6.07 Å². The van der Waals surface area contributed by atoms with E-state index in [4.69, 9.17) is 4.74 Å². The molecule has 6 nitrogen and oxygen atoms in total. The molecule has 4 N–H and O–H groups in total. The van der Waals surface area contributed by atoms with E-state index in [2.05, 4.69) is 5.32 Å². The Balaban J connectivity index is 2.65. The highest BCUT2D eigenvalue weighted by Crippen LogP contribution is 2.30. The number of methoxy groups -OCH3 is 1. The van der Waals surface area contributed by atoms with E-state index in [-0.39, 0.29) is 30.4 Å². The first kappa shape index (κ1) is 15.3. The summed E-state index contributed by atoms with van der Waals surface area (Å²) in [5.74, 6) is 0.00443. The van der Waals surface area contributed by atoms with Crippen molar-refractivity contribution in [1.82, 2.24) is 5.32 Å². The number of hydrogen-bond acceptors (Lipinski definition) is 5. The van der Waals surface area contributed by atoms with E-state index >= 15 is 0 Å². The first-order valence-corrected chi connectivity index (χ1v) is 5.93. The molecule has 0 aliphatic heterocycles. The normalized spacial score (nSPS) is 13.7. The van der Waals surface area contributed by atoms with E-state index in [1.54, 1.807) is 0 Å². The molecule has 0 fully saturated rings. The minimum absolute atomic E-state index is 0.0359. The Kier molecular flexibility index (Phi) is 5.59. The first-order valence-electron chi connectivity index (χ1n) is 5.93. The molecule has 6 heteroatoms. The Morgan fingerprint density at radius 3 is 2.68 bits per heavy atom. The average Bonchev–Trinajstić information content (AvgIpc) is 2.38. The summed E-state index contributed by atoms with van der Waals surface area (Å²) < 4.78 is 4.93. The molecule has 2 unspecified atom stereocenters. The highest BCUT2D eigenvalue weighted by molar-refractivity contribution is 5.72. The molecule has 1 amide bonds. The fourth-order valence-electron chi connectivity index (χ4n) is 1.65. The first-order chi connectivity index (χ1) is 8.95. The topological polar surface area (TPSA) is 99.0 Å². The fourth-order valence-corrected chi connectivity index (χ4v) is 1.65. The third kappa shape index (κ3) is 4.42. The number of amides is 1. The minimum atomic E-state index is -1.11. The summed E-state index contributed by atoms with van der Waals surface area (Å²) in [7, 11) is 1.40. The molecule has 1 aromatic carbocycles. The molecule has 1 rings (SSSR count). The Morgan fingerprint density at radius 2 is 2.11 bits per heavy atom. The van der Waals surface area contributed by atoms with Crippen LogP contribution in [0.5, 0.6) is 11.5 Å². The van der Waals surface area contributed by atoms with Crippen molar-refractivity contribution in [2.75, 3.05) is 13.7 Å². The van der Waals surface area contributed by atoms with Crippen molar-refractivity contribution in [3.63, 3.8) is 0 Å². The van der Waals surface area contributed by atoms with Gasteiger partial charge in [-0.25, -0.2) is 0 Å². The number of nitrogens with one attached hydrogen (secondary N) is 1.